The Morgan fingerprint density at radius 2 is 2.55 bits per heavy atom. The Hall–Kier alpha value is -1.23. The normalized spacial score (nSPS) is 11.3. The number of ether oxygens (including phenoxy) is 1. The number of rotatable bonds is 4. The Kier molecular flexibility index (Phi) is 4.93. The standard InChI is InChI=1S/C9H12O2/c1-4-6-7-9(5-2)11-8(3)10/h2,4,9H,1,6-7H2,3H3/t9-/m1/s1. The number of carbonyl (C=O) groups is 1. The van der Waals surface area contributed by atoms with Gasteiger partial charge in [0.1, 0.15) is 0 Å². The van der Waals surface area contributed by atoms with Gasteiger partial charge in [0, 0.05) is 6.92 Å². The van der Waals surface area contributed by atoms with Gasteiger partial charge in [0.05, 0.1) is 0 Å². The van der Waals surface area contributed by atoms with Crippen LogP contribution in [0.4, 0.5) is 0 Å². The summed E-state index contributed by atoms with van der Waals surface area (Å²) in [4.78, 5) is 10.4. The topological polar surface area (TPSA) is 26.3 Å². The minimum absolute atomic E-state index is 0.336. The van der Waals surface area contributed by atoms with Gasteiger partial charge < -0.3 is 4.74 Å². The van der Waals surface area contributed by atoms with Crippen molar-refractivity contribution < 1.29 is 9.53 Å². The van der Waals surface area contributed by atoms with Crippen LogP contribution in [-0.2, 0) is 9.53 Å². The van der Waals surface area contributed by atoms with E-state index in [1.165, 1.54) is 6.92 Å². The van der Waals surface area contributed by atoms with Crippen molar-refractivity contribution in [3.63, 3.8) is 0 Å². The van der Waals surface area contributed by atoms with E-state index in [0.717, 1.165) is 6.42 Å². The fourth-order valence-electron chi connectivity index (χ4n) is 0.646. The van der Waals surface area contributed by atoms with Crippen LogP contribution in [-0.4, -0.2) is 12.1 Å². The van der Waals surface area contributed by atoms with Crippen LogP contribution in [0.5, 0.6) is 0 Å². The van der Waals surface area contributed by atoms with Gasteiger partial charge in [-0.15, -0.1) is 13.0 Å². The van der Waals surface area contributed by atoms with Crippen LogP contribution in [0.15, 0.2) is 12.7 Å². The van der Waals surface area contributed by atoms with E-state index in [9.17, 15) is 4.79 Å². The summed E-state index contributed by atoms with van der Waals surface area (Å²) in [7, 11) is 0. The zero-order valence-electron chi connectivity index (χ0n) is 6.67. The minimum atomic E-state index is -0.398. The van der Waals surface area contributed by atoms with E-state index in [2.05, 4.69) is 12.5 Å². The smallest absolute Gasteiger partial charge is 0.303 e. The highest BCUT2D eigenvalue weighted by Crippen LogP contribution is 2.01. The Morgan fingerprint density at radius 3 is 2.91 bits per heavy atom. The Balaban J connectivity index is 3.69. The van der Waals surface area contributed by atoms with Crippen molar-refractivity contribution in [1.29, 1.82) is 0 Å². The number of hydrogen-bond donors (Lipinski definition) is 0. The van der Waals surface area contributed by atoms with Crippen molar-refractivity contribution >= 4 is 5.97 Å². The van der Waals surface area contributed by atoms with Crippen LogP contribution < -0.4 is 0 Å². The summed E-state index contributed by atoms with van der Waals surface area (Å²) in [5, 5.41) is 0. The SMILES string of the molecule is C#C[C@H](CCC=C)OC(C)=O. The van der Waals surface area contributed by atoms with E-state index in [-0.39, 0.29) is 5.97 Å². The van der Waals surface area contributed by atoms with Gasteiger partial charge in [0.25, 0.3) is 0 Å². The fraction of sp³-hybridized carbons (Fsp3) is 0.444. The molecule has 0 heterocycles. The molecule has 0 spiro atoms. The number of terminal acetylenes is 1. The third-order valence-corrected chi connectivity index (χ3v) is 1.13. The highest BCUT2D eigenvalue weighted by atomic mass is 16.5. The summed E-state index contributed by atoms with van der Waals surface area (Å²) in [5.74, 6) is 2.04. The summed E-state index contributed by atoms with van der Waals surface area (Å²) in [6, 6.07) is 0. The van der Waals surface area contributed by atoms with Crippen molar-refractivity contribution in [2.45, 2.75) is 25.9 Å². The molecule has 0 aromatic heterocycles. The maximum atomic E-state index is 10.4. The number of hydrogen-bond acceptors (Lipinski definition) is 2. The second kappa shape index (κ2) is 5.55. The van der Waals surface area contributed by atoms with Gasteiger partial charge in [0.2, 0.25) is 0 Å². The van der Waals surface area contributed by atoms with E-state index in [1.54, 1.807) is 6.08 Å². The van der Waals surface area contributed by atoms with E-state index in [0.29, 0.717) is 6.42 Å². The lowest BCUT2D eigenvalue weighted by Gasteiger charge is -2.08. The molecule has 0 aromatic carbocycles. The van der Waals surface area contributed by atoms with Crippen LogP contribution in [0.25, 0.3) is 0 Å². The van der Waals surface area contributed by atoms with E-state index in [4.69, 9.17) is 11.2 Å². The predicted molar refractivity (Wildman–Crippen MR) is 43.8 cm³/mol. The lowest BCUT2D eigenvalue weighted by Crippen LogP contribution is -2.13. The molecule has 0 aromatic rings. The van der Waals surface area contributed by atoms with E-state index >= 15 is 0 Å². The van der Waals surface area contributed by atoms with Crippen molar-refractivity contribution in [3.8, 4) is 12.3 Å². The molecule has 0 unspecified atom stereocenters. The molecule has 0 fully saturated rings. The van der Waals surface area contributed by atoms with Crippen molar-refractivity contribution in [1.82, 2.24) is 0 Å². The molecule has 0 radical (unpaired) electrons. The molecule has 0 saturated heterocycles. The molecule has 0 aliphatic rings. The summed E-state index contributed by atoms with van der Waals surface area (Å²) in [6.45, 7) is 4.88. The number of allylic oxidation sites excluding steroid dienone is 1. The predicted octanol–water partition coefficient (Wildman–Crippen LogP) is 1.52. The van der Waals surface area contributed by atoms with E-state index in [1.807, 2.05) is 0 Å². The first-order valence-corrected chi connectivity index (χ1v) is 3.45. The fourth-order valence-corrected chi connectivity index (χ4v) is 0.646. The molecule has 0 amide bonds. The molecule has 0 bridgehead atoms. The maximum Gasteiger partial charge on any atom is 0.303 e. The largest absolute Gasteiger partial charge is 0.449 e. The minimum Gasteiger partial charge on any atom is -0.449 e. The molecule has 60 valence electrons. The van der Waals surface area contributed by atoms with Crippen LogP contribution in [0, 0.1) is 12.3 Å². The first kappa shape index (κ1) is 9.77. The molecule has 11 heavy (non-hydrogen) atoms. The van der Waals surface area contributed by atoms with E-state index < -0.39 is 6.10 Å². The van der Waals surface area contributed by atoms with Gasteiger partial charge in [-0.2, -0.15) is 0 Å². The van der Waals surface area contributed by atoms with Crippen molar-refractivity contribution in [2.24, 2.45) is 0 Å². The third kappa shape index (κ3) is 5.23. The van der Waals surface area contributed by atoms with Crippen LogP contribution >= 0.6 is 0 Å². The highest BCUT2D eigenvalue weighted by Gasteiger charge is 2.05. The molecule has 0 aliphatic carbocycles. The second-order valence-electron chi connectivity index (χ2n) is 2.13. The van der Waals surface area contributed by atoms with Gasteiger partial charge in [-0.3, -0.25) is 4.79 Å². The zero-order chi connectivity index (χ0) is 8.69. The first-order valence-electron chi connectivity index (χ1n) is 3.45. The van der Waals surface area contributed by atoms with Gasteiger partial charge in [-0.25, -0.2) is 0 Å². The molecule has 0 N–H and O–H groups in total. The summed E-state index contributed by atoms with van der Waals surface area (Å²) >= 11 is 0. The van der Waals surface area contributed by atoms with Crippen LogP contribution in [0.2, 0.25) is 0 Å². The number of carbonyl (C=O) groups excluding carboxylic acids is 1. The molecule has 0 rings (SSSR count). The lowest BCUT2D eigenvalue weighted by atomic mass is 10.2. The highest BCUT2D eigenvalue weighted by molar-refractivity contribution is 5.66. The van der Waals surface area contributed by atoms with Crippen molar-refractivity contribution in [2.75, 3.05) is 0 Å². The molecular weight excluding hydrogens is 140 g/mol. The Bertz CT molecular complexity index is 176. The van der Waals surface area contributed by atoms with Gasteiger partial charge in [0.15, 0.2) is 6.10 Å². The van der Waals surface area contributed by atoms with Gasteiger partial charge in [-0.05, 0) is 12.8 Å². The zero-order valence-corrected chi connectivity index (χ0v) is 6.67. The quantitative estimate of drug-likeness (QED) is 0.347. The number of esters is 1. The molecule has 0 aliphatic heterocycles. The first-order chi connectivity index (χ1) is 5.20. The maximum absolute atomic E-state index is 10.4. The molecule has 0 saturated carbocycles. The molecule has 2 nitrogen and oxygen atoms in total. The lowest BCUT2D eigenvalue weighted by molar-refractivity contribution is -0.143. The van der Waals surface area contributed by atoms with Crippen LogP contribution in [0.3, 0.4) is 0 Å². The average Bonchev–Trinajstić information content (AvgIpc) is 1.97. The molecule has 1 atom stereocenters. The average molecular weight is 152 g/mol. The van der Waals surface area contributed by atoms with Gasteiger partial charge >= 0.3 is 5.97 Å². The van der Waals surface area contributed by atoms with Gasteiger partial charge in [-0.1, -0.05) is 12.0 Å². The summed E-state index contributed by atoms with van der Waals surface area (Å²) in [5.41, 5.74) is 0. The Labute approximate surface area is 67.2 Å². The third-order valence-electron chi connectivity index (χ3n) is 1.13. The summed E-state index contributed by atoms with van der Waals surface area (Å²) in [6.07, 6.45) is 7.86. The molecule has 2 heteroatoms. The van der Waals surface area contributed by atoms with Crippen LogP contribution in [0.1, 0.15) is 19.8 Å². The summed E-state index contributed by atoms with van der Waals surface area (Å²) < 4.78 is 4.78. The monoisotopic (exact) mass is 152 g/mol. The van der Waals surface area contributed by atoms with Crippen molar-refractivity contribution in [3.05, 3.63) is 12.7 Å². The second-order valence-corrected chi connectivity index (χ2v) is 2.13. The molecular formula is C9H12O2. The Morgan fingerprint density at radius 1 is 1.91 bits per heavy atom.